The van der Waals surface area contributed by atoms with Gasteiger partial charge in [-0.3, -0.25) is 28.8 Å². The number of ether oxygens (including phenoxy) is 12. The molecule has 10 aromatic rings. The van der Waals surface area contributed by atoms with E-state index in [4.69, 9.17) is 56.8 Å². The quantitative estimate of drug-likeness (QED) is 0.0160. The Balaban J connectivity index is 0.555. The zero-order valence-corrected chi connectivity index (χ0v) is 66.3. The Bertz CT molecular complexity index is 5020. The number of anilines is 3. The van der Waals surface area contributed by atoms with Crippen LogP contribution in [-0.2, 0) is 111 Å². The van der Waals surface area contributed by atoms with Gasteiger partial charge in [0.05, 0.1) is 185 Å². The Hall–Kier alpha value is -13.1. The van der Waals surface area contributed by atoms with Gasteiger partial charge in [0.15, 0.2) is 0 Å². The van der Waals surface area contributed by atoms with Crippen molar-refractivity contribution in [3.05, 3.63) is 356 Å². The number of benzene rings is 10. The Morgan fingerprint density at radius 1 is 0.228 bits per heavy atom. The van der Waals surface area contributed by atoms with Gasteiger partial charge in [0.25, 0.3) is 0 Å². The number of fused-ring (bicyclic) bond motifs is 15. The van der Waals surface area contributed by atoms with Crippen LogP contribution in [0.1, 0.15) is 64.5 Å². The van der Waals surface area contributed by atoms with Gasteiger partial charge >= 0.3 is 17.9 Å². The van der Waals surface area contributed by atoms with Crippen LogP contribution in [0.2, 0.25) is 0 Å². The van der Waals surface area contributed by atoms with Crippen molar-refractivity contribution in [3.8, 4) is 17.2 Å². The zero-order chi connectivity index (χ0) is 83.8. The molecule has 6 amide bonds. The first kappa shape index (κ1) is 79.7. The van der Waals surface area contributed by atoms with Gasteiger partial charge in [-0.1, -0.05) is 182 Å². The van der Waals surface area contributed by atoms with Crippen LogP contribution in [-0.4, -0.2) is 130 Å². The number of carbonyl (C=O) groups excluding carboxylic acids is 9. The number of imide groups is 3. The number of amides is 6. The lowest BCUT2D eigenvalue weighted by Crippen LogP contribution is -2.35. The molecule has 12 unspecified atom stereocenters. The second-order valence-corrected chi connectivity index (χ2v) is 31.6. The molecule has 0 spiro atoms. The van der Waals surface area contributed by atoms with Gasteiger partial charge in [-0.15, -0.1) is 0 Å². The maximum Gasteiger partial charge on any atom is 0.343 e. The lowest BCUT2D eigenvalue weighted by atomic mass is 9.77. The fourth-order valence-electron chi connectivity index (χ4n) is 18.3. The molecule has 6 bridgehead atoms. The number of nitrogens with zero attached hydrogens (tertiary/aromatic N) is 3. The summed E-state index contributed by atoms with van der Waals surface area (Å²) in [6, 6.07) is 78.7. The summed E-state index contributed by atoms with van der Waals surface area (Å²) in [6.45, 7) is 2.66. The molecule has 6 saturated heterocycles. The maximum absolute atomic E-state index is 14.6. The van der Waals surface area contributed by atoms with E-state index in [1.54, 1.807) is 0 Å². The van der Waals surface area contributed by atoms with E-state index in [9.17, 15) is 43.2 Å². The molecular formula is C99H81N3O21. The summed E-state index contributed by atoms with van der Waals surface area (Å²) in [5, 5.41) is 0. The second-order valence-electron chi connectivity index (χ2n) is 31.6. The van der Waals surface area contributed by atoms with Crippen molar-refractivity contribution < 1.29 is 100.0 Å². The van der Waals surface area contributed by atoms with E-state index in [0.717, 1.165) is 99.7 Å². The lowest BCUT2D eigenvalue weighted by Gasteiger charge is -2.23. The van der Waals surface area contributed by atoms with Crippen LogP contribution in [0, 0.1) is 35.5 Å². The number of hydrogen-bond donors (Lipinski definition) is 0. The van der Waals surface area contributed by atoms with Gasteiger partial charge in [-0.25, -0.2) is 29.1 Å². The number of rotatable bonds is 33. The molecular weight excluding hydrogens is 1570 g/mol. The first-order valence-electron chi connectivity index (χ1n) is 40.8. The van der Waals surface area contributed by atoms with Crippen LogP contribution in [0.15, 0.2) is 306 Å². The van der Waals surface area contributed by atoms with Gasteiger partial charge in [0.1, 0.15) is 17.2 Å². The van der Waals surface area contributed by atoms with E-state index in [0.29, 0.717) is 39.6 Å². The smallest absolute Gasteiger partial charge is 0.343 e. The largest absolute Gasteiger partial charge is 0.423 e. The third-order valence-corrected chi connectivity index (χ3v) is 24.1. The summed E-state index contributed by atoms with van der Waals surface area (Å²) in [4.78, 5) is 135. The molecule has 24 nitrogen and oxygen atoms in total. The molecule has 12 atom stereocenters. The van der Waals surface area contributed by atoms with Crippen molar-refractivity contribution in [2.24, 2.45) is 35.5 Å². The second kappa shape index (κ2) is 34.8. The molecule has 24 heteroatoms. The summed E-state index contributed by atoms with van der Waals surface area (Å²) in [5.74, 6) is -11.3. The molecule has 618 valence electrons. The van der Waals surface area contributed by atoms with E-state index in [1.807, 2.05) is 182 Å². The van der Waals surface area contributed by atoms with Gasteiger partial charge in [0, 0.05) is 0 Å². The fourth-order valence-corrected chi connectivity index (χ4v) is 18.3. The van der Waals surface area contributed by atoms with E-state index in [1.165, 1.54) is 72.8 Å². The molecule has 0 N–H and O–H groups in total. The van der Waals surface area contributed by atoms with Crippen LogP contribution in [0.3, 0.4) is 0 Å². The highest BCUT2D eigenvalue weighted by molar-refractivity contribution is 6.25. The van der Waals surface area contributed by atoms with Crippen LogP contribution >= 0.6 is 0 Å². The van der Waals surface area contributed by atoms with Crippen molar-refractivity contribution in [1.29, 1.82) is 0 Å². The SMILES string of the molecule is O=C(Oc1ccc(N2C(=O)C3C4OC(C(COCc5ccccc5)=C4COCc4ccccc4)C3C2=O)cc1)c1cc(C(=O)Oc2ccc(N3C(=O)C4C5OC(C(COCc6ccccc6)=C5COCc5ccccc5)C4C3=O)cc2)cc(C(=O)Oc2ccc(N3C(=O)C4C5OC(C(COCc6ccccc6)=C5COCc5ccccc5)C4C3=O)cc2)c1. The number of carbonyl (C=O) groups is 9. The minimum atomic E-state index is -1.05. The van der Waals surface area contributed by atoms with Crippen molar-refractivity contribution in [2.75, 3.05) is 54.3 Å². The highest BCUT2D eigenvalue weighted by atomic mass is 16.6. The van der Waals surface area contributed by atoms with E-state index in [2.05, 4.69) is 0 Å². The van der Waals surface area contributed by atoms with Crippen molar-refractivity contribution in [1.82, 2.24) is 0 Å². The molecule has 10 aromatic carbocycles. The summed E-state index contributed by atoms with van der Waals surface area (Å²) in [7, 11) is 0. The summed E-state index contributed by atoms with van der Waals surface area (Å²) in [5.41, 5.74) is 9.91. The molecule has 0 radical (unpaired) electrons. The van der Waals surface area contributed by atoms with E-state index in [-0.39, 0.29) is 90.6 Å². The Morgan fingerprint density at radius 3 is 0.569 bits per heavy atom. The Kier molecular flexibility index (Phi) is 22.5. The zero-order valence-electron chi connectivity index (χ0n) is 66.3. The monoisotopic (exact) mass is 1650 g/mol. The first-order valence-corrected chi connectivity index (χ1v) is 40.8. The molecule has 9 aliphatic heterocycles. The van der Waals surface area contributed by atoms with E-state index < -0.39 is 125 Å². The molecule has 0 aromatic heterocycles. The van der Waals surface area contributed by atoms with Crippen LogP contribution in [0.25, 0.3) is 0 Å². The minimum absolute atomic E-state index is 0.0469. The van der Waals surface area contributed by atoms with Crippen molar-refractivity contribution in [3.63, 3.8) is 0 Å². The molecule has 123 heavy (non-hydrogen) atoms. The topological polar surface area (TPSA) is 274 Å². The van der Waals surface area contributed by atoms with Gasteiger partial charge in [-0.05, 0) is 158 Å². The van der Waals surface area contributed by atoms with Crippen molar-refractivity contribution in [2.45, 2.75) is 76.3 Å². The molecule has 9 heterocycles. The summed E-state index contributed by atoms with van der Waals surface area (Å²) in [6.07, 6.45) is -4.54. The third-order valence-electron chi connectivity index (χ3n) is 24.1. The van der Waals surface area contributed by atoms with Crippen LogP contribution in [0.4, 0.5) is 17.1 Å². The molecule has 19 rings (SSSR count). The predicted octanol–water partition coefficient (Wildman–Crippen LogP) is 13.2. The number of esters is 3. The summed E-state index contributed by atoms with van der Waals surface area (Å²) >= 11 is 0. The summed E-state index contributed by atoms with van der Waals surface area (Å²) < 4.78 is 74.6. The molecule has 0 aliphatic carbocycles. The lowest BCUT2D eigenvalue weighted by molar-refractivity contribution is -0.126. The highest BCUT2D eigenvalue weighted by Gasteiger charge is 2.68. The van der Waals surface area contributed by atoms with Gasteiger partial charge in [0.2, 0.25) is 35.4 Å². The van der Waals surface area contributed by atoms with Gasteiger partial charge in [-0.2, -0.15) is 0 Å². The maximum atomic E-state index is 14.6. The normalized spacial score (nSPS) is 23.2. The molecule has 0 saturated carbocycles. The molecule has 6 fully saturated rings. The predicted molar refractivity (Wildman–Crippen MR) is 443 cm³/mol. The standard InChI is InChI=1S/C99H81N3O21/c103-91-79-80(86-74(53-113-47-59-21-9-2-10-22-59)73(85(79)121-86)52-112-46-58-19-7-1-8-20-58)92(104)100(91)67-31-37-70(38-32-67)118-97(109)64-43-65(98(110)119-71-39-33-68(34-40-71)101-93(105)81-82(94(101)106)88-76(55-115-49-61-25-13-4-14-26-61)75(87(81)122-88)54-114-48-60-23-11-3-12-24-60)45-66(44-64)99(111)120-72-41-35-69(36-42-72)102-95(107)83-84(96(102)108)90-78(57-117-51-63-29-17-6-18-30-63)77(89(83)123-90)56-116-50-62-27-15-5-16-28-62/h1-45,79-90H,46-57H2. The average molecular weight is 1650 g/mol. The molecule has 9 aliphatic rings. The van der Waals surface area contributed by atoms with Crippen LogP contribution < -0.4 is 28.9 Å². The third kappa shape index (κ3) is 15.8. The van der Waals surface area contributed by atoms with Crippen molar-refractivity contribution >= 4 is 70.4 Å². The van der Waals surface area contributed by atoms with Crippen LogP contribution in [0.5, 0.6) is 17.2 Å². The Labute approximate surface area is 706 Å². The van der Waals surface area contributed by atoms with Gasteiger partial charge < -0.3 is 56.8 Å². The highest BCUT2D eigenvalue weighted by Crippen LogP contribution is 2.56. The van der Waals surface area contributed by atoms with E-state index >= 15 is 0 Å². The average Bonchev–Trinajstić information content (AvgIpc) is 1.55. The first-order chi connectivity index (χ1) is 60.2. The number of hydrogen-bond acceptors (Lipinski definition) is 21. The fraction of sp³-hybridized carbons (Fsp3) is 0.242. The Morgan fingerprint density at radius 2 is 0.398 bits per heavy atom. The minimum Gasteiger partial charge on any atom is -0.423 e.